The smallest absolute Gasteiger partial charge is 0.143 e. The van der Waals surface area contributed by atoms with Gasteiger partial charge in [-0.2, -0.15) is 0 Å². The maximum Gasteiger partial charge on any atom is 0.143 e. The molecule has 0 unspecified atom stereocenters. The van der Waals surface area contributed by atoms with Crippen LogP contribution < -0.4 is 0 Å². The van der Waals surface area contributed by atoms with Crippen LogP contribution in [0.4, 0.5) is 0 Å². The van der Waals surface area contributed by atoms with Crippen LogP contribution in [0.5, 0.6) is 0 Å². The highest BCUT2D eigenvalue weighted by molar-refractivity contribution is 7.25. The van der Waals surface area contributed by atoms with Crippen molar-refractivity contribution in [2.45, 2.75) is 0 Å². The predicted octanol–water partition coefficient (Wildman–Crippen LogP) is 16.7. The number of hydrogen-bond donors (Lipinski definition) is 0. The van der Waals surface area contributed by atoms with Gasteiger partial charge in [-0.25, -0.2) is 0 Å². The molecule has 58 heavy (non-hydrogen) atoms. The Morgan fingerprint density at radius 3 is 1.69 bits per heavy atom. The lowest BCUT2D eigenvalue weighted by molar-refractivity contribution is 0.673. The van der Waals surface area contributed by atoms with Gasteiger partial charge in [-0.15, -0.1) is 11.3 Å². The fourth-order valence-corrected chi connectivity index (χ4v) is 10.8. The molecular weight excluding hydrogens is 721 g/mol. The van der Waals surface area contributed by atoms with Crippen molar-refractivity contribution in [2.75, 3.05) is 0 Å². The van der Waals surface area contributed by atoms with E-state index in [1.165, 1.54) is 107 Å². The number of thiophene rings is 1. The number of fused-ring (bicyclic) bond motifs is 12. The van der Waals surface area contributed by atoms with E-state index in [2.05, 4.69) is 194 Å². The monoisotopic (exact) mass is 752 g/mol. The highest BCUT2D eigenvalue weighted by Gasteiger charge is 2.19. The zero-order valence-corrected chi connectivity index (χ0v) is 32.1. The zero-order valence-electron chi connectivity index (χ0n) is 31.3. The van der Waals surface area contributed by atoms with Crippen molar-refractivity contribution in [1.82, 2.24) is 0 Å². The molecule has 2 heterocycles. The van der Waals surface area contributed by atoms with Crippen LogP contribution in [0, 0.1) is 0 Å². The Balaban J connectivity index is 0.931. The van der Waals surface area contributed by atoms with Crippen LogP contribution in [0.2, 0.25) is 0 Å². The number of furan rings is 1. The second-order valence-electron chi connectivity index (χ2n) is 15.6. The van der Waals surface area contributed by atoms with Gasteiger partial charge in [-0.05, 0) is 130 Å². The molecule has 0 aliphatic heterocycles. The van der Waals surface area contributed by atoms with E-state index in [4.69, 9.17) is 4.42 Å². The Hall–Kier alpha value is -7.26. The van der Waals surface area contributed by atoms with Crippen molar-refractivity contribution in [2.24, 2.45) is 0 Å². The maximum absolute atomic E-state index is 6.62. The highest BCUT2D eigenvalue weighted by Crippen LogP contribution is 2.46. The molecule has 0 bridgehead atoms. The van der Waals surface area contributed by atoms with Crippen LogP contribution in [-0.2, 0) is 0 Å². The second-order valence-corrected chi connectivity index (χ2v) is 16.7. The van der Waals surface area contributed by atoms with E-state index < -0.39 is 0 Å². The summed E-state index contributed by atoms with van der Waals surface area (Å²) in [5, 5.41) is 17.3. The average molecular weight is 753 g/mol. The summed E-state index contributed by atoms with van der Waals surface area (Å²) in [5.41, 5.74) is 9.32. The normalized spacial score (nSPS) is 12.1. The number of rotatable bonds is 3. The van der Waals surface area contributed by atoms with E-state index in [1.807, 2.05) is 11.3 Å². The first-order valence-electron chi connectivity index (χ1n) is 19.9. The van der Waals surface area contributed by atoms with E-state index >= 15 is 0 Å². The number of hydrogen-bond acceptors (Lipinski definition) is 2. The molecule has 11 aromatic carbocycles. The summed E-state index contributed by atoms with van der Waals surface area (Å²) < 4.78 is 9.23. The molecule has 0 spiro atoms. The third kappa shape index (κ3) is 4.64. The number of benzene rings is 11. The van der Waals surface area contributed by atoms with Gasteiger partial charge < -0.3 is 4.42 Å². The maximum atomic E-state index is 6.62. The van der Waals surface area contributed by atoms with Crippen LogP contribution in [0.1, 0.15) is 0 Å². The van der Waals surface area contributed by atoms with Crippen molar-refractivity contribution in [3.63, 3.8) is 0 Å². The molecule has 0 fully saturated rings. The van der Waals surface area contributed by atoms with Crippen molar-refractivity contribution in [3.8, 4) is 33.4 Å². The Morgan fingerprint density at radius 2 is 0.897 bits per heavy atom. The molecule has 0 amide bonds. The van der Waals surface area contributed by atoms with Crippen LogP contribution in [0.3, 0.4) is 0 Å². The fraction of sp³-hybridized carbons (Fsp3) is 0. The molecule has 0 atom stereocenters. The van der Waals surface area contributed by atoms with Crippen molar-refractivity contribution < 1.29 is 4.42 Å². The van der Waals surface area contributed by atoms with Crippen LogP contribution >= 0.6 is 11.3 Å². The molecule has 0 N–H and O–H groups in total. The van der Waals surface area contributed by atoms with Gasteiger partial charge in [-0.3, -0.25) is 0 Å². The van der Waals surface area contributed by atoms with Crippen LogP contribution in [0.25, 0.3) is 129 Å². The Kier molecular flexibility index (Phi) is 6.66. The van der Waals surface area contributed by atoms with Crippen molar-refractivity contribution in [3.05, 3.63) is 194 Å². The van der Waals surface area contributed by atoms with Gasteiger partial charge in [0.05, 0.1) is 0 Å². The molecule has 0 saturated heterocycles. The molecule has 0 aliphatic carbocycles. The molecule has 13 aromatic rings. The Morgan fingerprint density at radius 1 is 0.293 bits per heavy atom. The molecule has 0 saturated carbocycles. The quantitative estimate of drug-likeness (QED) is 0.164. The third-order valence-corrected chi connectivity index (χ3v) is 13.5. The predicted molar refractivity (Wildman–Crippen MR) is 250 cm³/mol. The van der Waals surface area contributed by atoms with Gasteiger partial charge >= 0.3 is 0 Å². The zero-order chi connectivity index (χ0) is 37.9. The van der Waals surface area contributed by atoms with Crippen molar-refractivity contribution in [1.29, 1.82) is 0 Å². The highest BCUT2D eigenvalue weighted by atomic mass is 32.1. The standard InChI is InChI=1S/C56H32OS/c1-2-12-40-33(10-1)11-9-18-42(40)55-45-16-5-3-14-43(45)54(44-15-4-6-17-46(44)55)39-23-22-34-28-35(20-21-36(34)29-39)37-25-27-51-49(30-37)47-26-24-38-31-50-41-13-7-8-19-52(41)58-53(50)32-48(38)56(47)57-51/h1-32H. The molecule has 2 heteroatoms. The molecular formula is C56H32OS. The summed E-state index contributed by atoms with van der Waals surface area (Å²) >= 11 is 1.85. The van der Waals surface area contributed by atoms with E-state index in [9.17, 15) is 0 Å². The summed E-state index contributed by atoms with van der Waals surface area (Å²) in [6.07, 6.45) is 0. The Bertz CT molecular complexity index is 3800. The minimum atomic E-state index is 0.916. The van der Waals surface area contributed by atoms with Gasteiger partial charge in [0, 0.05) is 36.3 Å². The molecule has 13 rings (SSSR count). The van der Waals surface area contributed by atoms with Crippen LogP contribution in [0.15, 0.2) is 199 Å². The van der Waals surface area contributed by atoms with Gasteiger partial charge in [0.2, 0.25) is 0 Å². The van der Waals surface area contributed by atoms with E-state index in [0.29, 0.717) is 0 Å². The minimum absolute atomic E-state index is 0.916. The van der Waals surface area contributed by atoms with Crippen LogP contribution in [-0.4, -0.2) is 0 Å². The SMILES string of the molecule is c1ccc2c(-c3c4ccccc4c(-c4ccc5cc(-c6ccc7oc8c9cc%10sc%11ccccc%11c%10cc9ccc8c7c6)ccc5c4)c4ccccc34)cccc2c1. The molecule has 268 valence electrons. The summed E-state index contributed by atoms with van der Waals surface area (Å²) in [5.74, 6) is 0. The third-order valence-electron chi connectivity index (χ3n) is 12.4. The molecule has 2 aromatic heterocycles. The lowest BCUT2D eigenvalue weighted by atomic mass is 9.84. The topological polar surface area (TPSA) is 13.1 Å². The first-order chi connectivity index (χ1) is 28.7. The van der Waals surface area contributed by atoms with Crippen molar-refractivity contribution >= 4 is 107 Å². The summed E-state index contributed by atoms with van der Waals surface area (Å²) in [6, 6.07) is 71.6. The van der Waals surface area contributed by atoms with E-state index in [1.54, 1.807) is 0 Å². The first-order valence-corrected chi connectivity index (χ1v) is 20.7. The van der Waals surface area contributed by atoms with E-state index in [0.717, 1.165) is 21.9 Å². The summed E-state index contributed by atoms with van der Waals surface area (Å²) in [4.78, 5) is 0. The lowest BCUT2D eigenvalue weighted by Crippen LogP contribution is -1.91. The molecule has 0 radical (unpaired) electrons. The van der Waals surface area contributed by atoms with E-state index in [-0.39, 0.29) is 0 Å². The van der Waals surface area contributed by atoms with Gasteiger partial charge in [0.1, 0.15) is 11.2 Å². The van der Waals surface area contributed by atoms with Gasteiger partial charge in [-0.1, -0.05) is 146 Å². The first kappa shape index (κ1) is 31.9. The van der Waals surface area contributed by atoms with Gasteiger partial charge in [0.25, 0.3) is 0 Å². The summed E-state index contributed by atoms with van der Waals surface area (Å²) in [7, 11) is 0. The van der Waals surface area contributed by atoms with Gasteiger partial charge in [0.15, 0.2) is 0 Å². The molecule has 1 nitrogen and oxygen atoms in total. The summed E-state index contributed by atoms with van der Waals surface area (Å²) in [6.45, 7) is 0. The fourth-order valence-electron chi connectivity index (χ4n) is 9.71. The molecule has 0 aliphatic rings. The second kappa shape index (κ2) is 12.1. The Labute approximate surface area is 337 Å². The average Bonchev–Trinajstić information content (AvgIpc) is 3.85. The lowest BCUT2D eigenvalue weighted by Gasteiger charge is -2.19. The largest absolute Gasteiger partial charge is 0.455 e. The minimum Gasteiger partial charge on any atom is -0.455 e.